The van der Waals surface area contributed by atoms with Crippen LogP contribution in [0.4, 0.5) is 0 Å². The average molecular weight is 325 g/mol. The molecule has 0 spiro atoms. The van der Waals surface area contributed by atoms with Crippen molar-refractivity contribution in [3.05, 3.63) is 63.1 Å². The number of halogens is 2. The highest BCUT2D eigenvalue weighted by Gasteiger charge is 2.17. The zero-order chi connectivity index (χ0) is 15.4. The number of aryl methyl sites for hydroxylation is 1. The zero-order valence-corrected chi connectivity index (χ0v) is 13.5. The van der Waals surface area contributed by atoms with E-state index in [9.17, 15) is 0 Å². The van der Waals surface area contributed by atoms with Gasteiger partial charge in [0.1, 0.15) is 5.75 Å². The van der Waals surface area contributed by atoms with Gasteiger partial charge in [-0.05, 0) is 31.0 Å². The molecule has 2 aromatic carbocycles. The topological polar surface area (TPSA) is 47.3 Å². The van der Waals surface area contributed by atoms with Crippen molar-refractivity contribution in [2.45, 2.75) is 19.4 Å². The van der Waals surface area contributed by atoms with E-state index in [2.05, 4.69) is 11.5 Å². The predicted octanol–water partition coefficient (Wildman–Crippen LogP) is 4.06. The van der Waals surface area contributed by atoms with Crippen LogP contribution in [0.5, 0.6) is 5.75 Å². The summed E-state index contributed by atoms with van der Waals surface area (Å²) in [6.07, 6.45) is 0.621. The molecule has 21 heavy (non-hydrogen) atoms. The maximum Gasteiger partial charge on any atom is 0.123 e. The van der Waals surface area contributed by atoms with Crippen LogP contribution in [0.1, 0.15) is 22.7 Å². The zero-order valence-electron chi connectivity index (χ0n) is 12.0. The van der Waals surface area contributed by atoms with Gasteiger partial charge < -0.3 is 4.74 Å². The van der Waals surface area contributed by atoms with Crippen LogP contribution in [0.15, 0.2) is 36.4 Å². The highest BCUT2D eigenvalue weighted by atomic mass is 35.5. The lowest BCUT2D eigenvalue weighted by Crippen LogP contribution is -2.30. The first kappa shape index (κ1) is 16.1. The van der Waals surface area contributed by atoms with Gasteiger partial charge in [0.25, 0.3) is 0 Å². The normalized spacial score (nSPS) is 12.2. The maximum absolute atomic E-state index is 6.25. The Morgan fingerprint density at radius 1 is 1.24 bits per heavy atom. The first-order valence-corrected chi connectivity index (χ1v) is 7.36. The number of rotatable bonds is 5. The Kier molecular flexibility index (Phi) is 5.48. The third-order valence-corrected chi connectivity index (χ3v) is 4.28. The number of benzene rings is 2. The molecular formula is C16H18Cl2N2O. The molecule has 0 aliphatic carbocycles. The number of hydrazine groups is 1. The molecule has 2 rings (SSSR count). The van der Waals surface area contributed by atoms with Crippen molar-refractivity contribution in [1.29, 1.82) is 0 Å². The quantitative estimate of drug-likeness (QED) is 0.644. The molecule has 0 saturated heterocycles. The summed E-state index contributed by atoms with van der Waals surface area (Å²) in [6, 6.07) is 11.5. The summed E-state index contributed by atoms with van der Waals surface area (Å²) in [4.78, 5) is 0. The van der Waals surface area contributed by atoms with E-state index in [0.29, 0.717) is 16.5 Å². The molecule has 0 amide bonds. The molecule has 1 unspecified atom stereocenters. The number of hydrogen-bond donors (Lipinski definition) is 2. The summed E-state index contributed by atoms with van der Waals surface area (Å²) in [6.45, 7) is 2.03. The second-order valence-corrected chi connectivity index (χ2v) is 5.67. The van der Waals surface area contributed by atoms with Gasteiger partial charge in [0, 0.05) is 5.56 Å². The maximum atomic E-state index is 6.25. The second kappa shape index (κ2) is 7.14. The van der Waals surface area contributed by atoms with Gasteiger partial charge in [-0.2, -0.15) is 0 Å². The van der Waals surface area contributed by atoms with Gasteiger partial charge in [-0.3, -0.25) is 11.3 Å². The Hall–Kier alpha value is -1.26. The summed E-state index contributed by atoms with van der Waals surface area (Å²) < 4.78 is 5.42. The van der Waals surface area contributed by atoms with Gasteiger partial charge in [-0.15, -0.1) is 0 Å². The van der Waals surface area contributed by atoms with Gasteiger partial charge in [-0.25, -0.2) is 0 Å². The molecule has 0 aromatic heterocycles. The fraction of sp³-hybridized carbons (Fsp3) is 0.250. The number of nitrogens with two attached hydrogens (primary N) is 1. The van der Waals surface area contributed by atoms with Crippen LogP contribution in [0.2, 0.25) is 10.0 Å². The van der Waals surface area contributed by atoms with Crippen LogP contribution < -0.4 is 16.0 Å². The molecule has 2 aromatic rings. The molecule has 1 atom stereocenters. The van der Waals surface area contributed by atoms with Gasteiger partial charge in [0.05, 0.1) is 23.2 Å². The van der Waals surface area contributed by atoms with E-state index in [-0.39, 0.29) is 6.04 Å². The minimum atomic E-state index is -0.115. The van der Waals surface area contributed by atoms with Gasteiger partial charge in [0.2, 0.25) is 0 Å². The Bertz CT molecular complexity index is 632. The van der Waals surface area contributed by atoms with Crippen LogP contribution >= 0.6 is 23.2 Å². The van der Waals surface area contributed by atoms with E-state index in [0.717, 1.165) is 22.4 Å². The number of ether oxygens (including phenoxy) is 1. The Labute approximate surface area is 135 Å². The number of methoxy groups -OCH3 is 1. The highest BCUT2D eigenvalue weighted by Crippen LogP contribution is 2.32. The summed E-state index contributed by atoms with van der Waals surface area (Å²) in [5.74, 6) is 6.53. The van der Waals surface area contributed by atoms with Crippen LogP contribution in [-0.4, -0.2) is 7.11 Å². The van der Waals surface area contributed by atoms with E-state index in [1.54, 1.807) is 13.2 Å². The number of nitrogens with one attached hydrogen (secondary N) is 1. The van der Waals surface area contributed by atoms with Crippen molar-refractivity contribution >= 4 is 23.2 Å². The van der Waals surface area contributed by atoms with Crippen molar-refractivity contribution < 1.29 is 4.74 Å². The molecule has 0 bridgehead atoms. The lowest BCUT2D eigenvalue weighted by molar-refractivity contribution is 0.399. The smallest absolute Gasteiger partial charge is 0.123 e. The van der Waals surface area contributed by atoms with Crippen molar-refractivity contribution in [1.82, 2.24) is 5.43 Å². The van der Waals surface area contributed by atoms with E-state index in [4.69, 9.17) is 33.8 Å². The van der Waals surface area contributed by atoms with Crippen molar-refractivity contribution in [2.75, 3.05) is 7.11 Å². The molecule has 0 aliphatic rings. The fourth-order valence-corrected chi connectivity index (χ4v) is 2.71. The highest BCUT2D eigenvalue weighted by molar-refractivity contribution is 6.42. The Morgan fingerprint density at radius 3 is 2.67 bits per heavy atom. The lowest BCUT2D eigenvalue weighted by atomic mass is 9.97. The number of hydrogen-bond acceptors (Lipinski definition) is 3. The predicted molar refractivity (Wildman–Crippen MR) is 88.0 cm³/mol. The largest absolute Gasteiger partial charge is 0.496 e. The van der Waals surface area contributed by atoms with Crippen LogP contribution in [-0.2, 0) is 6.42 Å². The summed E-state index contributed by atoms with van der Waals surface area (Å²) in [5, 5.41) is 1.10. The minimum Gasteiger partial charge on any atom is -0.496 e. The first-order valence-electron chi connectivity index (χ1n) is 6.60. The third-order valence-electron chi connectivity index (χ3n) is 3.42. The minimum absolute atomic E-state index is 0.115. The lowest BCUT2D eigenvalue weighted by Gasteiger charge is -2.20. The van der Waals surface area contributed by atoms with E-state index in [1.165, 1.54) is 0 Å². The van der Waals surface area contributed by atoms with E-state index < -0.39 is 0 Å². The molecule has 3 nitrogen and oxygen atoms in total. The Balaban J connectivity index is 2.36. The third kappa shape index (κ3) is 3.69. The molecule has 112 valence electrons. The van der Waals surface area contributed by atoms with Crippen molar-refractivity contribution in [3.63, 3.8) is 0 Å². The van der Waals surface area contributed by atoms with Crippen LogP contribution in [0.25, 0.3) is 0 Å². The van der Waals surface area contributed by atoms with Gasteiger partial charge in [0.15, 0.2) is 0 Å². The van der Waals surface area contributed by atoms with Crippen molar-refractivity contribution in [2.24, 2.45) is 5.84 Å². The summed E-state index contributed by atoms with van der Waals surface area (Å²) in [7, 11) is 1.65. The standard InChI is InChI=1S/C16H18Cl2N2O/c1-10-6-7-15(21-2)12(8-10)14(20-19)9-11-4-3-5-13(17)16(11)18/h3-8,14,20H,9,19H2,1-2H3. The Morgan fingerprint density at radius 2 is 2.00 bits per heavy atom. The monoisotopic (exact) mass is 324 g/mol. The van der Waals surface area contributed by atoms with Crippen molar-refractivity contribution in [3.8, 4) is 5.75 Å². The molecule has 3 N–H and O–H groups in total. The molecular weight excluding hydrogens is 307 g/mol. The van der Waals surface area contributed by atoms with Crippen LogP contribution in [0.3, 0.4) is 0 Å². The van der Waals surface area contributed by atoms with E-state index in [1.807, 2.05) is 31.2 Å². The molecule has 0 saturated carbocycles. The molecule has 0 radical (unpaired) electrons. The molecule has 0 fully saturated rings. The van der Waals surface area contributed by atoms with Gasteiger partial charge >= 0.3 is 0 Å². The first-order chi connectivity index (χ1) is 10.1. The molecule has 5 heteroatoms. The SMILES string of the molecule is COc1ccc(C)cc1C(Cc1cccc(Cl)c1Cl)NN. The van der Waals surface area contributed by atoms with Crippen LogP contribution in [0, 0.1) is 6.92 Å². The summed E-state index contributed by atoms with van der Waals surface area (Å²) >= 11 is 12.3. The van der Waals surface area contributed by atoms with E-state index >= 15 is 0 Å². The molecule has 0 aliphatic heterocycles. The fourth-order valence-electron chi connectivity index (χ4n) is 2.31. The second-order valence-electron chi connectivity index (χ2n) is 4.88. The average Bonchev–Trinajstić information content (AvgIpc) is 2.49. The molecule has 0 heterocycles. The summed E-state index contributed by atoms with van der Waals surface area (Å²) in [5.41, 5.74) is 5.91. The van der Waals surface area contributed by atoms with Gasteiger partial charge in [-0.1, -0.05) is 53.0 Å².